The van der Waals surface area contributed by atoms with E-state index in [1.807, 2.05) is 18.2 Å². The smallest absolute Gasteiger partial charge is 0.220 e. The first-order chi connectivity index (χ1) is 9.20. The van der Waals surface area contributed by atoms with E-state index in [0.717, 1.165) is 23.3 Å². The molecule has 1 amide bonds. The third-order valence-corrected chi connectivity index (χ3v) is 4.01. The topological polar surface area (TPSA) is 46.9 Å². The fourth-order valence-electron chi connectivity index (χ4n) is 2.57. The van der Waals surface area contributed by atoms with Crippen LogP contribution in [0.3, 0.4) is 0 Å². The van der Waals surface area contributed by atoms with E-state index < -0.39 is 0 Å². The minimum Gasteiger partial charge on any atom is -0.354 e. The van der Waals surface area contributed by atoms with Crippen molar-refractivity contribution in [1.29, 1.82) is 0 Å². The Morgan fingerprint density at radius 2 is 2.32 bits per heavy atom. The summed E-state index contributed by atoms with van der Waals surface area (Å²) >= 11 is 12.2. The molecule has 1 N–H and O–H groups in total. The Kier molecular flexibility index (Phi) is 3.37. The summed E-state index contributed by atoms with van der Waals surface area (Å²) in [5.74, 6) is 1.23. The summed E-state index contributed by atoms with van der Waals surface area (Å²) in [6, 6.07) is 5.90. The molecule has 1 saturated heterocycles. The van der Waals surface area contributed by atoms with Crippen molar-refractivity contribution in [1.82, 2.24) is 14.9 Å². The number of halogens is 2. The van der Waals surface area contributed by atoms with Crippen molar-refractivity contribution < 1.29 is 4.79 Å². The molecule has 1 aromatic heterocycles. The average Bonchev–Trinajstić information content (AvgIpc) is 2.80. The number of aromatic nitrogens is 2. The quantitative estimate of drug-likeness (QED) is 0.867. The first kappa shape index (κ1) is 12.8. The van der Waals surface area contributed by atoms with Crippen LogP contribution in [0.1, 0.15) is 24.7 Å². The van der Waals surface area contributed by atoms with E-state index in [4.69, 9.17) is 23.2 Å². The lowest BCUT2D eigenvalue weighted by atomic mass is 10.1. The molecule has 0 aliphatic carbocycles. The molecule has 3 rings (SSSR count). The van der Waals surface area contributed by atoms with Crippen LogP contribution in [0.5, 0.6) is 0 Å². The van der Waals surface area contributed by atoms with Crippen molar-refractivity contribution in [2.75, 3.05) is 6.54 Å². The maximum absolute atomic E-state index is 11.3. The number of amides is 1. The fraction of sp³-hybridized carbons (Fsp3) is 0.385. The summed E-state index contributed by atoms with van der Waals surface area (Å²) in [5.41, 5.74) is 1.75. The largest absolute Gasteiger partial charge is 0.354 e. The summed E-state index contributed by atoms with van der Waals surface area (Å²) in [6.07, 6.45) is 1.33. The van der Waals surface area contributed by atoms with E-state index >= 15 is 0 Å². The van der Waals surface area contributed by atoms with Crippen LogP contribution in [-0.4, -0.2) is 22.0 Å². The first-order valence-corrected chi connectivity index (χ1v) is 7.10. The normalized spacial score (nSPS) is 19.7. The molecule has 0 saturated carbocycles. The Balaban J connectivity index is 2.11. The molecule has 1 fully saturated rings. The van der Waals surface area contributed by atoms with Gasteiger partial charge in [-0.15, -0.1) is 11.6 Å². The van der Waals surface area contributed by atoms with Crippen molar-refractivity contribution in [3.05, 3.63) is 29.0 Å². The zero-order valence-electron chi connectivity index (χ0n) is 10.2. The van der Waals surface area contributed by atoms with Gasteiger partial charge >= 0.3 is 0 Å². The predicted octanol–water partition coefficient (Wildman–Crippen LogP) is 2.88. The van der Waals surface area contributed by atoms with E-state index in [1.54, 1.807) is 0 Å². The zero-order chi connectivity index (χ0) is 13.4. The maximum atomic E-state index is 11.3. The van der Waals surface area contributed by atoms with E-state index in [2.05, 4.69) is 14.9 Å². The van der Waals surface area contributed by atoms with Crippen LogP contribution >= 0.6 is 23.2 Å². The molecule has 0 radical (unpaired) electrons. The summed E-state index contributed by atoms with van der Waals surface area (Å²) in [4.78, 5) is 15.8. The number of alkyl halides is 1. The molecule has 1 aliphatic rings. The van der Waals surface area contributed by atoms with Gasteiger partial charge in [0.25, 0.3) is 0 Å². The van der Waals surface area contributed by atoms with E-state index in [1.165, 1.54) is 0 Å². The molecule has 1 aliphatic heterocycles. The number of piperidine rings is 1. The summed E-state index contributed by atoms with van der Waals surface area (Å²) in [6.45, 7) is 0.612. The van der Waals surface area contributed by atoms with Gasteiger partial charge in [0, 0.05) is 13.0 Å². The number of hydrogen-bond donors (Lipinski definition) is 1. The minimum atomic E-state index is 0.103. The number of carbonyl (C=O) groups excluding carboxylic acids is 1. The lowest BCUT2D eigenvalue weighted by Crippen LogP contribution is -2.36. The van der Waals surface area contributed by atoms with Crippen LogP contribution in [-0.2, 0) is 10.7 Å². The molecule has 1 unspecified atom stereocenters. The SMILES string of the molecule is O=C1CCC(n2c(CCl)nc3c(Cl)cccc32)CN1. The number of nitrogens with zero attached hydrogens (tertiary/aromatic N) is 2. The first-order valence-electron chi connectivity index (χ1n) is 6.18. The van der Waals surface area contributed by atoms with Gasteiger partial charge in [-0.1, -0.05) is 17.7 Å². The van der Waals surface area contributed by atoms with E-state index in [0.29, 0.717) is 23.9 Å². The Bertz CT molecular complexity index is 628. The highest BCUT2D eigenvalue weighted by atomic mass is 35.5. The van der Waals surface area contributed by atoms with Crippen LogP contribution in [0.25, 0.3) is 11.0 Å². The van der Waals surface area contributed by atoms with Crippen LogP contribution in [0.2, 0.25) is 5.02 Å². The van der Waals surface area contributed by atoms with Crippen molar-refractivity contribution in [2.24, 2.45) is 0 Å². The van der Waals surface area contributed by atoms with Crippen LogP contribution in [0.15, 0.2) is 18.2 Å². The van der Waals surface area contributed by atoms with Gasteiger partial charge in [0.05, 0.1) is 22.5 Å². The van der Waals surface area contributed by atoms with Crippen molar-refractivity contribution in [3.8, 4) is 0 Å². The molecule has 100 valence electrons. The highest BCUT2D eigenvalue weighted by Gasteiger charge is 2.24. The van der Waals surface area contributed by atoms with Crippen LogP contribution < -0.4 is 5.32 Å². The number of carbonyl (C=O) groups is 1. The summed E-state index contributed by atoms with van der Waals surface area (Å²) in [7, 11) is 0. The standard InChI is InChI=1S/C13H13Cl2N3O/c14-6-11-17-13-9(15)2-1-3-10(13)18(11)8-4-5-12(19)16-7-8/h1-3,8H,4-7H2,(H,16,19). The molecule has 0 spiro atoms. The van der Waals surface area contributed by atoms with Gasteiger partial charge in [0.2, 0.25) is 5.91 Å². The Labute approximate surface area is 120 Å². The van der Waals surface area contributed by atoms with Gasteiger partial charge in [-0.25, -0.2) is 4.98 Å². The van der Waals surface area contributed by atoms with Gasteiger partial charge in [-0.2, -0.15) is 0 Å². The van der Waals surface area contributed by atoms with Crippen LogP contribution in [0, 0.1) is 0 Å². The molecule has 4 nitrogen and oxygen atoms in total. The number of imidazole rings is 1. The number of rotatable bonds is 2. The molecule has 2 aromatic rings. The number of para-hydroxylation sites is 1. The number of fused-ring (bicyclic) bond motifs is 1. The third kappa shape index (κ3) is 2.19. The number of benzene rings is 1. The second-order valence-electron chi connectivity index (χ2n) is 4.64. The Morgan fingerprint density at radius 1 is 1.47 bits per heavy atom. The van der Waals surface area contributed by atoms with Gasteiger partial charge < -0.3 is 9.88 Å². The average molecular weight is 298 g/mol. The molecular weight excluding hydrogens is 285 g/mol. The fourth-order valence-corrected chi connectivity index (χ4v) is 2.97. The van der Waals surface area contributed by atoms with Crippen molar-refractivity contribution >= 4 is 40.1 Å². The molecule has 2 heterocycles. The summed E-state index contributed by atoms with van der Waals surface area (Å²) < 4.78 is 2.10. The zero-order valence-corrected chi connectivity index (χ0v) is 11.7. The molecule has 1 atom stereocenters. The molecular formula is C13H13Cl2N3O. The second-order valence-corrected chi connectivity index (χ2v) is 5.31. The Morgan fingerprint density at radius 3 is 3.00 bits per heavy atom. The number of nitrogens with one attached hydrogen (secondary N) is 1. The van der Waals surface area contributed by atoms with E-state index in [9.17, 15) is 4.79 Å². The predicted molar refractivity (Wildman–Crippen MR) is 75.6 cm³/mol. The third-order valence-electron chi connectivity index (χ3n) is 3.47. The molecule has 19 heavy (non-hydrogen) atoms. The molecule has 6 heteroatoms. The van der Waals surface area contributed by atoms with Crippen LogP contribution in [0.4, 0.5) is 0 Å². The Hall–Kier alpha value is -1.26. The van der Waals surface area contributed by atoms with Gasteiger partial charge in [0.1, 0.15) is 11.3 Å². The van der Waals surface area contributed by atoms with Crippen molar-refractivity contribution in [2.45, 2.75) is 24.8 Å². The van der Waals surface area contributed by atoms with Gasteiger partial charge in [-0.3, -0.25) is 4.79 Å². The second kappa shape index (κ2) is 5.02. The van der Waals surface area contributed by atoms with E-state index in [-0.39, 0.29) is 11.9 Å². The monoisotopic (exact) mass is 297 g/mol. The lowest BCUT2D eigenvalue weighted by Gasteiger charge is -2.25. The minimum absolute atomic E-state index is 0.103. The van der Waals surface area contributed by atoms with Gasteiger partial charge in [0.15, 0.2) is 0 Å². The van der Waals surface area contributed by atoms with Gasteiger partial charge in [-0.05, 0) is 18.6 Å². The summed E-state index contributed by atoms with van der Waals surface area (Å²) in [5, 5.41) is 3.51. The lowest BCUT2D eigenvalue weighted by molar-refractivity contribution is -0.122. The molecule has 0 bridgehead atoms. The number of hydrogen-bond acceptors (Lipinski definition) is 2. The molecule has 1 aromatic carbocycles. The highest BCUT2D eigenvalue weighted by molar-refractivity contribution is 6.35. The maximum Gasteiger partial charge on any atom is 0.220 e. The van der Waals surface area contributed by atoms with Crippen molar-refractivity contribution in [3.63, 3.8) is 0 Å². The highest BCUT2D eigenvalue weighted by Crippen LogP contribution is 2.30.